The Morgan fingerprint density at radius 2 is 2.30 bits per heavy atom. The van der Waals surface area contributed by atoms with E-state index in [1.807, 2.05) is 32.9 Å². The number of nitrogens with zero attached hydrogens (tertiary/aromatic N) is 1. The van der Waals surface area contributed by atoms with Crippen molar-refractivity contribution in [2.45, 2.75) is 51.8 Å². The molecule has 0 spiro atoms. The summed E-state index contributed by atoms with van der Waals surface area (Å²) in [5, 5.41) is 2.93. The summed E-state index contributed by atoms with van der Waals surface area (Å²) in [6.45, 7) is 9.49. The molecule has 1 N–H and O–H groups in total. The van der Waals surface area contributed by atoms with E-state index in [0.717, 1.165) is 25.3 Å². The van der Waals surface area contributed by atoms with E-state index >= 15 is 0 Å². The van der Waals surface area contributed by atoms with Crippen molar-refractivity contribution in [3.8, 4) is 0 Å². The Hall–Kier alpha value is -1.49. The number of carbonyl (C=O) groups is 1. The van der Waals surface area contributed by atoms with Crippen LogP contribution in [0.4, 0.5) is 4.79 Å². The molecule has 2 atom stereocenters. The minimum Gasteiger partial charge on any atom is -0.468 e. The molecule has 2 heterocycles. The molecule has 112 valence electrons. The van der Waals surface area contributed by atoms with Crippen LogP contribution in [-0.4, -0.2) is 35.7 Å². The first-order chi connectivity index (χ1) is 9.35. The van der Waals surface area contributed by atoms with E-state index in [2.05, 4.69) is 17.1 Å². The molecule has 20 heavy (non-hydrogen) atoms. The lowest BCUT2D eigenvalue weighted by molar-refractivity contribution is 0.0504. The molecule has 2 rings (SSSR count). The van der Waals surface area contributed by atoms with Gasteiger partial charge < -0.3 is 14.5 Å². The van der Waals surface area contributed by atoms with E-state index in [4.69, 9.17) is 9.15 Å². The van der Waals surface area contributed by atoms with Crippen molar-refractivity contribution in [2.75, 3.05) is 13.1 Å². The average Bonchev–Trinajstić information content (AvgIpc) is 2.95. The van der Waals surface area contributed by atoms with Crippen LogP contribution in [0.5, 0.6) is 0 Å². The van der Waals surface area contributed by atoms with Crippen molar-refractivity contribution >= 4 is 6.09 Å². The standard InChI is InChI=1S/C15H24N2O3/c1-11(13-6-5-9-19-13)17-8-7-12(10-17)16-14(18)20-15(2,3)4/h5-6,9,11-12H,7-8,10H2,1-4H3,(H,16,18). The number of hydrogen-bond donors (Lipinski definition) is 1. The number of likely N-dealkylation sites (tertiary alicyclic amines) is 1. The van der Waals surface area contributed by atoms with Gasteiger partial charge in [-0.15, -0.1) is 0 Å². The van der Waals surface area contributed by atoms with Gasteiger partial charge in [0.05, 0.1) is 12.3 Å². The lowest BCUT2D eigenvalue weighted by Gasteiger charge is -2.24. The van der Waals surface area contributed by atoms with Gasteiger partial charge in [0.2, 0.25) is 0 Å². The second-order valence-corrected chi connectivity index (χ2v) is 6.32. The van der Waals surface area contributed by atoms with Crippen molar-refractivity contribution in [1.29, 1.82) is 0 Å². The maximum absolute atomic E-state index is 11.7. The first-order valence-electron chi connectivity index (χ1n) is 7.12. The molecule has 1 aromatic heterocycles. The van der Waals surface area contributed by atoms with E-state index in [1.165, 1.54) is 0 Å². The molecule has 1 fully saturated rings. The Bertz CT molecular complexity index is 436. The summed E-state index contributed by atoms with van der Waals surface area (Å²) in [5.74, 6) is 0.961. The number of rotatable bonds is 3. The maximum atomic E-state index is 11.7. The second kappa shape index (κ2) is 5.87. The van der Waals surface area contributed by atoms with Gasteiger partial charge in [0.15, 0.2) is 0 Å². The number of nitrogens with one attached hydrogen (secondary N) is 1. The van der Waals surface area contributed by atoms with Crippen LogP contribution in [-0.2, 0) is 4.74 Å². The highest BCUT2D eigenvalue weighted by Crippen LogP contribution is 2.25. The second-order valence-electron chi connectivity index (χ2n) is 6.32. The number of carbonyl (C=O) groups excluding carboxylic acids is 1. The number of hydrogen-bond acceptors (Lipinski definition) is 4. The van der Waals surface area contributed by atoms with E-state index < -0.39 is 5.60 Å². The Labute approximate surface area is 120 Å². The molecule has 2 unspecified atom stereocenters. The first-order valence-corrected chi connectivity index (χ1v) is 7.12. The van der Waals surface area contributed by atoms with Crippen molar-refractivity contribution in [3.63, 3.8) is 0 Å². The van der Waals surface area contributed by atoms with Crippen LogP contribution in [0.1, 0.15) is 45.9 Å². The predicted octanol–water partition coefficient (Wildman–Crippen LogP) is 2.94. The van der Waals surface area contributed by atoms with E-state index in [1.54, 1.807) is 6.26 Å². The van der Waals surface area contributed by atoms with Crippen LogP contribution in [0.3, 0.4) is 0 Å². The highest BCUT2D eigenvalue weighted by Gasteiger charge is 2.29. The van der Waals surface area contributed by atoms with Gasteiger partial charge in [-0.3, -0.25) is 4.90 Å². The molecule has 0 radical (unpaired) electrons. The molecule has 0 aliphatic carbocycles. The van der Waals surface area contributed by atoms with Gasteiger partial charge in [-0.1, -0.05) is 0 Å². The van der Waals surface area contributed by atoms with Gasteiger partial charge >= 0.3 is 6.09 Å². The lowest BCUT2D eigenvalue weighted by Crippen LogP contribution is -2.40. The normalized spacial score (nSPS) is 21.7. The fourth-order valence-corrected chi connectivity index (χ4v) is 2.44. The Morgan fingerprint density at radius 1 is 1.55 bits per heavy atom. The molecule has 1 aliphatic heterocycles. The smallest absolute Gasteiger partial charge is 0.407 e. The molecular weight excluding hydrogens is 256 g/mol. The largest absolute Gasteiger partial charge is 0.468 e. The van der Waals surface area contributed by atoms with Crippen molar-refractivity contribution in [2.24, 2.45) is 0 Å². The fourth-order valence-electron chi connectivity index (χ4n) is 2.44. The average molecular weight is 280 g/mol. The number of amides is 1. The van der Waals surface area contributed by atoms with Crippen molar-refractivity contribution in [3.05, 3.63) is 24.2 Å². The van der Waals surface area contributed by atoms with Crippen LogP contribution in [0.25, 0.3) is 0 Å². The summed E-state index contributed by atoms with van der Waals surface area (Å²) in [7, 11) is 0. The van der Waals surface area contributed by atoms with Gasteiger partial charge in [0.1, 0.15) is 11.4 Å². The quantitative estimate of drug-likeness (QED) is 0.925. The summed E-state index contributed by atoms with van der Waals surface area (Å²) in [6, 6.07) is 4.26. The van der Waals surface area contributed by atoms with Gasteiger partial charge in [-0.2, -0.15) is 0 Å². The zero-order valence-corrected chi connectivity index (χ0v) is 12.7. The fraction of sp³-hybridized carbons (Fsp3) is 0.667. The first kappa shape index (κ1) is 14.9. The summed E-state index contributed by atoms with van der Waals surface area (Å²) >= 11 is 0. The molecular formula is C15H24N2O3. The third-order valence-corrected chi connectivity index (χ3v) is 3.44. The summed E-state index contributed by atoms with van der Waals surface area (Å²) in [5.41, 5.74) is -0.455. The molecule has 1 aliphatic rings. The summed E-state index contributed by atoms with van der Waals surface area (Å²) in [4.78, 5) is 14.1. The molecule has 1 aromatic rings. The van der Waals surface area contributed by atoms with Crippen LogP contribution < -0.4 is 5.32 Å². The van der Waals surface area contributed by atoms with Gasteiger partial charge in [-0.05, 0) is 46.2 Å². The van der Waals surface area contributed by atoms with Gasteiger partial charge in [0, 0.05) is 19.1 Å². The van der Waals surface area contributed by atoms with E-state index in [9.17, 15) is 4.79 Å². The Kier molecular flexibility index (Phi) is 4.38. The summed E-state index contributed by atoms with van der Waals surface area (Å²) < 4.78 is 10.7. The van der Waals surface area contributed by atoms with Gasteiger partial charge in [0.25, 0.3) is 0 Å². The van der Waals surface area contributed by atoms with Gasteiger partial charge in [-0.25, -0.2) is 4.79 Å². The maximum Gasteiger partial charge on any atom is 0.407 e. The molecule has 5 nitrogen and oxygen atoms in total. The molecule has 5 heteroatoms. The zero-order valence-electron chi connectivity index (χ0n) is 12.7. The third kappa shape index (κ3) is 4.00. The van der Waals surface area contributed by atoms with Crippen LogP contribution in [0.15, 0.2) is 22.8 Å². The highest BCUT2D eigenvalue weighted by atomic mass is 16.6. The third-order valence-electron chi connectivity index (χ3n) is 3.44. The molecule has 1 amide bonds. The Balaban J connectivity index is 1.82. The minimum absolute atomic E-state index is 0.141. The molecule has 0 saturated carbocycles. The van der Waals surface area contributed by atoms with E-state index in [0.29, 0.717) is 0 Å². The minimum atomic E-state index is -0.455. The van der Waals surface area contributed by atoms with Crippen LogP contribution >= 0.6 is 0 Å². The van der Waals surface area contributed by atoms with Crippen molar-refractivity contribution < 1.29 is 13.9 Å². The Morgan fingerprint density at radius 3 is 2.90 bits per heavy atom. The van der Waals surface area contributed by atoms with Crippen LogP contribution in [0.2, 0.25) is 0 Å². The van der Waals surface area contributed by atoms with E-state index in [-0.39, 0.29) is 18.2 Å². The number of ether oxygens (including phenoxy) is 1. The predicted molar refractivity (Wildman–Crippen MR) is 76.5 cm³/mol. The highest BCUT2D eigenvalue weighted by molar-refractivity contribution is 5.68. The number of alkyl carbamates (subject to hydrolysis) is 1. The molecule has 1 saturated heterocycles. The van der Waals surface area contributed by atoms with Crippen LogP contribution in [0, 0.1) is 0 Å². The zero-order chi connectivity index (χ0) is 14.8. The lowest BCUT2D eigenvalue weighted by atomic mass is 10.2. The number of furan rings is 1. The summed E-state index contributed by atoms with van der Waals surface area (Å²) in [6.07, 6.45) is 2.29. The van der Waals surface area contributed by atoms with Crippen molar-refractivity contribution in [1.82, 2.24) is 10.2 Å². The topological polar surface area (TPSA) is 54.7 Å². The molecule has 0 aromatic carbocycles. The monoisotopic (exact) mass is 280 g/mol. The molecule has 0 bridgehead atoms. The SMILES string of the molecule is CC(c1ccco1)N1CCC(NC(=O)OC(C)(C)C)C1.